The zero-order valence-electron chi connectivity index (χ0n) is 12.2. The molecule has 1 aliphatic carbocycles. The molecule has 1 aliphatic rings. The molecule has 1 saturated carbocycles. The average molecular weight is 302 g/mol. The van der Waals surface area contributed by atoms with E-state index in [1.807, 2.05) is 24.5 Å². The van der Waals surface area contributed by atoms with Crippen molar-refractivity contribution in [2.75, 3.05) is 0 Å². The number of carbonyl (C=O) groups excluding carboxylic acids is 1. The summed E-state index contributed by atoms with van der Waals surface area (Å²) in [5.74, 6) is 0.175. The molecule has 1 atom stereocenters. The molecule has 1 amide bonds. The van der Waals surface area contributed by atoms with Crippen LogP contribution in [0.3, 0.4) is 0 Å². The first-order chi connectivity index (χ1) is 10.3. The molecule has 0 spiro atoms. The summed E-state index contributed by atoms with van der Waals surface area (Å²) in [5.41, 5.74) is 0. The standard InChI is InChI=1S/C17H22N2OS/c20-17(18-14-7-2-1-3-8-14)13-15(16-9-6-12-21-16)19-10-4-5-11-19/h4-6,9-12,14-15H,1-3,7-8,13H2,(H,18,20)/t15-/m0/s1. The van der Waals surface area contributed by atoms with Gasteiger partial charge in [0.25, 0.3) is 0 Å². The highest BCUT2D eigenvalue weighted by atomic mass is 32.1. The Kier molecular flexibility index (Phi) is 4.76. The Morgan fingerprint density at radius 3 is 2.67 bits per heavy atom. The van der Waals surface area contributed by atoms with Crippen LogP contribution in [0.4, 0.5) is 0 Å². The summed E-state index contributed by atoms with van der Waals surface area (Å²) in [5, 5.41) is 5.30. The van der Waals surface area contributed by atoms with Crippen LogP contribution in [0, 0.1) is 0 Å². The summed E-state index contributed by atoms with van der Waals surface area (Å²) in [7, 11) is 0. The minimum atomic E-state index is 0.114. The van der Waals surface area contributed by atoms with E-state index < -0.39 is 0 Å². The molecule has 2 heterocycles. The summed E-state index contributed by atoms with van der Waals surface area (Å²) in [6.45, 7) is 0. The average Bonchev–Trinajstić information content (AvgIpc) is 3.19. The second-order valence-corrected chi connectivity index (χ2v) is 6.75. The van der Waals surface area contributed by atoms with Gasteiger partial charge in [0.15, 0.2) is 0 Å². The molecule has 2 aromatic heterocycles. The number of aromatic nitrogens is 1. The van der Waals surface area contributed by atoms with Crippen molar-refractivity contribution in [2.45, 2.75) is 50.6 Å². The number of rotatable bonds is 5. The van der Waals surface area contributed by atoms with Gasteiger partial charge in [-0.25, -0.2) is 0 Å². The molecule has 1 N–H and O–H groups in total. The maximum atomic E-state index is 12.4. The second-order valence-electron chi connectivity index (χ2n) is 5.77. The predicted molar refractivity (Wildman–Crippen MR) is 86.5 cm³/mol. The van der Waals surface area contributed by atoms with E-state index in [0.717, 1.165) is 12.8 Å². The largest absolute Gasteiger partial charge is 0.353 e. The Bertz CT molecular complexity index is 507. The molecule has 3 rings (SSSR count). The molecule has 0 bridgehead atoms. The highest BCUT2D eigenvalue weighted by Gasteiger charge is 2.21. The van der Waals surface area contributed by atoms with Gasteiger partial charge in [0.1, 0.15) is 0 Å². The normalized spacial score (nSPS) is 17.5. The fourth-order valence-electron chi connectivity index (χ4n) is 3.10. The lowest BCUT2D eigenvalue weighted by molar-refractivity contribution is -0.122. The van der Waals surface area contributed by atoms with E-state index in [1.54, 1.807) is 11.3 Å². The van der Waals surface area contributed by atoms with Crippen molar-refractivity contribution in [1.82, 2.24) is 9.88 Å². The van der Waals surface area contributed by atoms with Gasteiger partial charge >= 0.3 is 0 Å². The molecule has 3 nitrogen and oxygen atoms in total. The van der Waals surface area contributed by atoms with Gasteiger partial charge in [0.2, 0.25) is 5.91 Å². The summed E-state index contributed by atoms with van der Waals surface area (Å²) in [6.07, 6.45) is 10.7. The predicted octanol–water partition coefficient (Wildman–Crippen LogP) is 3.98. The van der Waals surface area contributed by atoms with Crippen LogP contribution in [0.1, 0.15) is 49.4 Å². The quantitative estimate of drug-likeness (QED) is 0.890. The summed E-state index contributed by atoms with van der Waals surface area (Å²) in [6, 6.07) is 8.70. The Morgan fingerprint density at radius 1 is 1.24 bits per heavy atom. The van der Waals surface area contributed by atoms with Crippen molar-refractivity contribution >= 4 is 17.2 Å². The van der Waals surface area contributed by atoms with E-state index in [2.05, 4.69) is 27.4 Å². The summed E-state index contributed by atoms with van der Waals surface area (Å²) >= 11 is 1.72. The Hall–Kier alpha value is -1.55. The minimum Gasteiger partial charge on any atom is -0.353 e. The van der Waals surface area contributed by atoms with Crippen molar-refractivity contribution in [3.8, 4) is 0 Å². The zero-order valence-corrected chi connectivity index (χ0v) is 13.0. The maximum absolute atomic E-state index is 12.4. The SMILES string of the molecule is O=C(C[C@@H](c1cccs1)n1cccc1)NC1CCCCC1. The van der Waals surface area contributed by atoms with Gasteiger partial charge in [0, 0.05) is 23.3 Å². The molecule has 0 saturated heterocycles. The van der Waals surface area contributed by atoms with E-state index in [9.17, 15) is 4.79 Å². The van der Waals surface area contributed by atoms with Gasteiger partial charge in [-0.1, -0.05) is 25.3 Å². The van der Waals surface area contributed by atoms with Gasteiger partial charge in [-0.05, 0) is 36.4 Å². The summed E-state index contributed by atoms with van der Waals surface area (Å²) in [4.78, 5) is 13.6. The number of carbonyl (C=O) groups is 1. The zero-order chi connectivity index (χ0) is 14.5. The summed E-state index contributed by atoms with van der Waals surface area (Å²) < 4.78 is 2.13. The van der Waals surface area contributed by atoms with Crippen molar-refractivity contribution in [2.24, 2.45) is 0 Å². The molecule has 112 valence electrons. The fraction of sp³-hybridized carbons (Fsp3) is 0.471. The van der Waals surface area contributed by atoms with Crippen molar-refractivity contribution in [1.29, 1.82) is 0 Å². The topological polar surface area (TPSA) is 34.0 Å². The maximum Gasteiger partial charge on any atom is 0.222 e. The van der Waals surface area contributed by atoms with Crippen molar-refractivity contribution in [3.63, 3.8) is 0 Å². The van der Waals surface area contributed by atoms with Crippen LogP contribution in [0.15, 0.2) is 42.0 Å². The van der Waals surface area contributed by atoms with Crippen LogP contribution in [0.25, 0.3) is 0 Å². The van der Waals surface area contributed by atoms with Crippen LogP contribution in [-0.4, -0.2) is 16.5 Å². The highest BCUT2D eigenvalue weighted by Crippen LogP contribution is 2.27. The molecule has 2 aromatic rings. The van der Waals surface area contributed by atoms with E-state index in [-0.39, 0.29) is 11.9 Å². The molecule has 4 heteroatoms. The Balaban J connectivity index is 1.65. The number of hydrogen-bond acceptors (Lipinski definition) is 2. The van der Waals surface area contributed by atoms with Gasteiger partial charge in [-0.2, -0.15) is 0 Å². The highest BCUT2D eigenvalue weighted by molar-refractivity contribution is 7.10. The van der Waals surface area contributed by atoms with Gasteiger partial charge < -0.3 is 9.88 Å². The third-order valence-corrected chi connectivity index (χ3v) is 5.18. The third kappa shape index (κ3) is 3.76. The lowest BCUT2D eigenvalue weighted by Crippen LogP contribution is -2.37. The fourth-order valence-corrected chi connectivity index (χ4v) is 3.93. The van der Waals surface area contributed by atoms with Gasteiger partial charge in [-0.15, -0.1) is 11.3 Å². The molecule has 0 aliphatic heterocycles. The smallest absolute Gasteiger partial charge is 0.222 e. The number of nitrogens with zero attached hydrogens (tertiary/aromatic N) is 1. The number of thiophene rings is 1. The minimum absolute atomic E-state index is 0.114. The lowest BCUT2D eigenvalue weighted by Gasteiger charge is -2.24. The molecule has 21 heavy (non-hydrogen) atoms. The number of hydrogen-bond donors (Lipinski definition) is 1. The molecule has 0 aromatic carbocycles. The van der Waals surface area contributed by atoms with Crippen molar-refractivity contribution < 1.29 is 4.79 Å². The number of nitrogens with one attached hydrogen (secondary N) is 1. The van der Waals surface area contributed by atoms with Gasteiger partial charge in [0.05, 0.1) is 12.5 Å². The molecular formula is C17H22N2OS. The van der Waals surface area contributed by atoms with Crippen molar-refractivity contribution in [3.05, 3.63) is 46.9 Å². The van der Waals surface area contributed by atoms with E-state index in [4.69, 9.17) is 0 Å². The monoisotopic (exact) mass is 302 g/mol. The first kappa shape index (κ1) is 14.4. The molecule has 0 unspecified atom stereocenters. The van der Waals surface area contributed by atoms with Crippen LogP contribution in [-0.2, 0) is 4.79 Å². The van der Waals surface area contributed by atoms with Crippen LogP contribution in [0.2, 0.25) is 0 Å². The molecule has 0 radical (unpaired) electrons. The van der Waals surface area contributed by atoms with E-state index in [1.165, 1.54) is 24.1 Å². The number of amides is 1. The van der Waals surface area contributed by atoms with E-state index in [0.29, 0.717) is 12.5 Å². The van der Waals surface area contributed by atoms with Crippen LogP contribution < -0.4 is 5.32 Å². The third-order valence-electron chi connectivity index (χ3n) is 4.21. The second kappa shape index (κ2) is 6.94. The Labute approximate surface area is 130 Å². The first-order valence-corrected chi connectivity index (χ1v) is 8.66. The molecule has 1 fully saturated rings. The van der Waals surface area contributed by atoms with Crippen LogP contribution >= 0.6 is 11.3 Å². The van der Waals surface area contributed by atoms with Crippen LogP contribution in [0.5, 0.6) is 0 Å². The molecular weight excluding hydrogens is 280 g/mol. The lowest BCUT2D eigenvalue weighted by atomic mass is 9.95. The first-order valence-electron chi connectivity index (χ1n) is 7.78. The van der Waals surface area contributed by atoms with Gasteiger partial charge in [-0.3, -0.25) is 4.79 Å². The Morgan fingerprint density at radius 2 is 2.00 bits per heavy atom. The van der Waals surface area contributed by atoms with E-state index >= 15 is 0 Å².